The third-order valence-electron chi connectivity index (χ3n) is 2.66. The second-order valence-electron chi connectivity index (χ2n) is 3.29. The van der Waals surface area contributed by atoms with Crippen molar-refractivity contribution in [2.75, 3.05) is 0 Å². The van der Waals surface area contributed by atoms with Crippen molar-refractivity contribution >= 4 is 30.1 Å². The molecule has 8 heavy (non-hydrogen) atoms. The van der Waals surface area contributed by atoms with E-state index in [0.717, 1.165) is 11.5 Å². The highest BCUT2D eigenvalue weighted by Gasteiger charge is 2.37. The molecular formula is C3H9B4N. The van der Waals surface area contributed by atoms with E-state index in [-0.39, 0.29) is 0 Å². The SMILES string of the molecule is BC1BN2BCC1B2. The lowest BCUT2D eigenvalue weighted by Gasteiger charge is -2.15. The molecule has 0 N–H and O–H groups in total. The van der Waals surface area contributed by atoms with Gasteiger partial charge in [0.15, 0.2) is 22.2 Å². The molecule has 0 radical (unpaired) electrons. The fourth-order valence-electron chi connectivity index (χ4n) is 2.05. The van der Waals surface area contributed by atoms with E-state index in [1.807, 2.05) is 0 Å². The summed E-state index contributed by atoms with van der Waals surface area (Å²) in [5.74, 6) is 1.06. The summed E-state index contributed by atoms with van der Waals surface area (Å²) in [6.45, 7) is 0. The third-order valence-corrected chi connectivity index (χ3v) is 2.66. The lowest BCUT2D eigenvalue weighted by atomic mass is 9.50. The summed E-state index contributed by atoms with van der Waals surface area (Å²) in [6.07, 6.45) is 1.47. The molecule has 0 amide bonds. The Kier molecular flexibility index (Phi) is 1.01. The van der Waals surface area contributed by atoms with Crippen molar-refractivity contribution in [1.29, 1.82) is 0 Å². The van der Waals surface area contributed by atoms with Gasteiger partial charge in [-0.3, -0.25) is 0 Å². The monoisotopic (exact) mass is 103 g/mol. The second kappa shape index (κ2) is 1.60. The van der Waals surface area contributed by atoms with Gasteiger partial charge in [0.25, 0.3) is 0 Å². The van der Waals surface area contributed by atoms with Crippen molar-refractivity contribution in [3.05, 3.63) is 0 Å². The van der Waals surface area contributed by atoms with Crippen LogP contribution in [-0.4, -0.2) is 34.7 Å². The van der Waals surface area contributed by atoms with Gasteiger partial charge in [0.2, 0.25) is 0 Å². The largest absolute Gasteiger partial charge is 0.436 e. The van der Waals surface area contributed by atoms with Crippen molar-refractivity contribution in [2.45, 2.75) is 17.9 Å². The van der Waals surface area contributed by atoms with Crippen molar-refractivity contribution in [2.24, 2.45) is 0 Å². The van der Waals surface area contributed by atoms with Gasteiger partial charge in [0.05, 0.1) is 7.85 Å². The standard InChI is InChI=1S/C3H9B4N/c4-3-2-1-5-8(6-2)7-3/h2-3,5-7H,1,4H2. The highest BCUT2D eigenvalue weighted by atomic mass is 14.9. The highest BCUT2D eigenvalue weighted by molar-refractivity contribution is 6.79. The first-order valence-electron chi connectivity index (χ1n) is 3.58. The minimum Gasteiger partial charge on any atom is -0.436 e. The predicted molar refractivity (Wildman–Crippen MR) is 44.1 cm³/mol. The fourth-order valence-corrected chi connectivity index (χ4v) is 2.05. The van der Waals surface area contributed by atoms with E-state index < -0.39 is 0 Å². The third kappa shape index (κ3) is 0.572. The van der Waals surface area contributed by atoms with E-state index >= 15 is 0 Å². The number of fused-ring (bicyclic) bond motifs is 2. The normalized spacial score (nSPS) is 49.8. The molecule has 3 unspecified atom stereocenters. The van der Waals surface area contributed by atoms with E-state index in [1.54, 1.807) is 0 Å². The molecular weight excluding hydrogens is 93.3 g/mol. The van der Waals surface area contributed by atoms with E-state index in [9.17, 15) is 0 Å². The minimum absolute atomic E-state index is 1.00. The summed E-state index contributed by atoms with van der Waals surface area (Å²) in [4.78, 5) is 0. The lowest BCUT2D eigenvalue weighted by Crippen LogP contribution is -2.27. The zero-order chi connectivity index (χ0) is 5.56. The minimum atomic E-state index is 1.00. The van der Waals surface area contributed by atoms with Crippen LogP contribution >= 0.6 is 0 Å². The Morgan fingerprint density at radius 3 is 2.62 bits per heavy atom. The molecule has 3 atom stereocenters. The topological polar surface area (TPSA) is 3.24 Å². The molecule has 1 nitrogen and oxygen atoms in total. The van der Waals surface area contributed by atoms with E-state index in [1.165, 1.54) is 28.6 Å². The molecule has 38 valence electrons. The van der Waals surface area contributed by atoms with Crippen LogP contribution in [0.1, 0.15) is 0 Å². The molecule has 2 heterocycles. The van der Waals surface area contributed by atoms with Gasteiger partial charge in [-0.25, -0.2) is 0 Å². The van der Waals surface area contributed by atoms with Crippen LogP contribution in [0.25, 0.3) is 0 Å². The van der Waals surface area contributed by atoms with Crippen LogP contribution in [0.15, 0.2) is 0 Å². The van der Waals surface area contributed by atoms with Crippen LogP contribution in [-0.2, 0) is 0 Å². The molecule has 2 saturated heterocycles. The van der Waals surface area contributed by atoms with Gasteiger partial charge in [0, 0.05) is 0 Å². The molecule has 0 aromatic carbocycles. The van der Waals surface area contributed by atoms with Crippen molar-refractivity contribution in [3.8, 4) is 0 Å². The molecule has 2 aliphatic heterocycles. The Hall–Kier alpha value is 0.220. The molecule has 5 heteroatoms. The summed E-state index contributed by atoms with van der Waals surface area (Å²) in [7, 11) is 6.55. The summed E-state index contributed by atoms with van der Waals surface area (Å²) in [6, 6.07) is 0. The van der Waals surface area contributed by atoms with Gasteiger partial charge in [-0.2, -0.15) is 0 Å². The predicted octanol–water partition coefficient (Wildman–Crippen LogP) is -2.04. The Bertz CT molecular complexity index is 105. The van der Waals surface area contributed by atoms with Crippen LogP contribution < -0.4 is 0 Å². The van der Waals surface area contributed by atoms with Gasteiger partial charge < -0.3 is 4.63 Å². The lowest BCUT2D eigenvalue weighted by molar-refractivity contribution is 0.986. The smallest absolute Gasteiger partial charge is 0.182 e. The molecule has 2 aliphatic rings. The molecule has 0 spiro atoms. The van der Waals surface area contributed by atoms with E-state index in [4.69, 9.17) is 0 Å². The van der Waals surface area contributed by atoms with Crippen LogP contribution in [0.2, 0.25) is 17.9 Å². The first kappa shape index (κ1) is 5.04. The van der Waals surface area contributed by atoms with E-state index in [2.05, 4.69) is 12.5 Å². The van der Waals surface area contributed by atoms with Gasteiger partial charge >= 0.3 is 0 Å². The van der Waals surface area contributed by atoms with Crippen LogP contribution in [0, 0.1) is 0 Å². The van der Waals surface area contributed by atoms with Gasteiger partial charge in [0.1, 0.15) is 0 Å². The average molecular weight is 102 g/mol. The highest BCUT2D eigenvalue weighted by Crippen LogP contribution is 2.36. The maximum atomic E-state index is 2.58. The van der Waals surface area contributed by atoms with Crippen molar-refractivity contribution in [3.63, 3.8) is 0 Å². The van der Waals surface area contributed by atoms with Crippen molar-refractivity contribution in [1.82, 2.24) is 4.63 Å². The molecule has 2 fully saturated rings. The number of hydrogen-bond donors (Lipinski definition) is 0. The summed E-state index contributed by atoms with van der Waals surface area (Å²) >= 11 is 0. The van der Waals surface area contributed by atoms with Gasteiger partial charge in [-0.05, 0) is 0 Å². The maximum absolute atomic E-state index is 2.58. The first-order valence-corrected chi connectivity index (χ1v) is 3.58. The molecule has 0 saturated carbocycles. The fraction of sp³-hybridized carbons (Fsp3) is 1.00. The van der Waals surface area contributed by atoms with Crippen LogP contribution in [0.5, 0.6) is 0 Å². The zero-order valence-electron chi connectivity index (χ0n) is 5.43. The van der Waals surface area contributed by atoms with E-state index in [0.29, 0.717) is 0 Å². The van der Waals surface area contributed by atoms with Crippen molar-refractivity contribution < 1.29 is 0 Å². The summed E-state index contributed by atoms with van der Waals surface area (Å²) in [5, 5.41) is 0. The molecule has 2 bridgehead atoms. The first-order chi connectivity index (χ1) is 3.86. The average Bonchev–Trinajstić information content (AvgIpc) is 2.23. The molecule has 0 aliphatic carbocycles. The number of hydrogen-bond acceptors (Lipinski definition) is 1. The quantitative estimate of drug-likeness (QED) is 0.319. The Morgan fingerprint density at radius 1 is 1.50 bits per heavy atom. The summed E-state index contributed by atoms with van der Waals surface area (Å²) in [5.41, 5.74) is 1.00. The zero-order valence-corrected chi connectivity index (χ0v) is 5.43. The Morgan fingerprint density at radius 2 is 2.38 bits per heavy atom. The summed E-state index contributed by atoms with van der Waals surface area (Å²) < 4.78 is 2.58. The molecule has 0 aromatic rings. The van der Waals surface area contributed by atoms with Crippen LogP contribution in [0.3, 0.4) is 0 Å². The Balaban J connectivity index is 2.11. The molecule has 0 aromatic heterocycles. The molecule has 2 rings (SSSR count). The Labute approximate surface area is 53.4 Å². The number of rotatable bonds is 0. The number of nitrogens with zero attached hydrogens (tertiary/aromatic N) is 1. The van der Waals surface area contributed by atoms with Gasteiger partial charge in [-0.1, -0.05) is 17.9 Å². The second-order valence-corrected chi connectivity index (χ2v) is 3.29. The van der Waals surface area contributed by atoms with Gasteiger partial charge in [-0.15, -0.1) is 0 Å². The van der Waals surface area contributed by atoms with Crippen LogP contribution in [0.4, 0.5) is 0 Å². The maximum Gasteiger partial charge on any atom is 0.182 e.